The summed E-state index contributed by atoms with van der Waals surface area (Å²) in [6.07, 6.45) is -3.42. The SMILES string of the molecule is Cc1nsc(Cc2cnc(C(F)(F)F)cn2)c1C(=O)Nc1ccc(OC2CCN(CC(F)F)C2)nc1. The molecule has 1 aliphatic rings. The molecule has 4 heterocycles. The van der Waals surface area contributed by atoms with E-state index in [0.29, 0.717) is 53.4 Å². The number of anilines is 1. The molecule has 0 aliphatic carbocycles. The number of pyridine rings is 1. The molecular formula is C22H21F5N6O2S. The van der Waals surface area contributed by atoms with Crippen LogP contribution in [0.3, 0.4) is 0 Å². The molecule has 1 saturated heterocycles. The monoisotopic (exact) mass is 528 g/mol. The molecule has 3 aromatic heterocycles. The summed E-state index contributed by atoms with van der Waals surface area (Å²) in [4.78, 5) is 26.5. The highest BCUT2D eigenvalue weighted by molar-refractivity contribution is 7.06. The van der Waals surface area contributed by atoms with Gasteiger partial charge in [-0.1, -0.05) is 0 Å². The molecule has 1 atom stereocenters. The van der Waals surface area contributed by atoms with E-state index in [1.807, 2.05) is 0 Å². The molecule has 8 nitrogen and oxygen atoms in total. The largest absolute Gasteiger partial charge is 0.473 e. The first kappa shape index (κ1) is 25.8. The van der Waals surface area contributed by atoms with E-state index in [1.165, 1.54) is 6.20 Å². The molecule has 1 amide bonds. The van der Waals surface area contributed by atoms with E-state index in [0.717, 1.165) is 17.7 Å². The summed E-state index contributed by atoms with van der Waals surface area (Å²) in [5.74, 6) is -0.142. The summed E-state index contributed by atoms with van der Waals surface area (Å²) in [6.45, 7) is 2.28. The van der Waals surface area contributed by atoms with Crippen LogP contribution >= 0.6 is 11.5 Å². The summed E-state index contributed by atoms with van der Waals surface area (Å²) in [7, 11) is 0. The summed E-state index contributed by atoms with van der Waals surface area (Å²) >= 11 is 1.06. The first-order valence-corrected chi connectivity index (χ1v) is 11.6. The molecule has 0 saturated carbocycles. The topological polar surface area (TPSA) is 93.1 Å². The molecular weight excluding hydrogens is 507 g/mol. The Kier molecular flexibility index (Phi) is 7.73. The maximum Gasteiger partial charge on any atom is 0.434 e. The number of hydrogen-bond acceptors (Lipinski definition) is 8. The number of nitrogens with zero attached hydrogens (tertiary/aromatic N) is 5. The van der Waals surface area contributed by atoms with Crippen molar-refractivity contribution in [3.8, 4) is 5.88 Å². The van der Waals surface area contributed by atoms with Gasteiger partial charge in [0, 0.05) is 36.7 Å². The number of rotatable bonds is 8. The molecule has 0 spiro atoms. The third-order valence-corrected chi connectivity index (χ3v) is 6.34. The number of ether oxygens (including phenoxy) is 1. The predicted molar refractivity (Wildman–Crippen MR) is 120 cm³/mol. The van der Waals surface area contributed by atoms with Crippen molar-refractivity contribution < 1.29 is 31.5 Å². The van der Waals surface area contributed by atoms with Gasteiger partial charge in [0.2, 0.25) is 5.88 Å². The molecule has 1 unspecified atom stereocenters. The van der Waals surface area contributed by atoms with Crippen LogP contribution in [0.25, 0.3) is 0 Å². The Morgan fingerprint density at radius 1 is 1.22 bits per heavy atom. The first-order valence-electron chi connectivity index (χ1n) is 10.9. The van der Waals surface area contributed by atoms with E-state index < -0.39 is 24.2 Å². The Hall–Kier alpha value is -3.26. The van der Waals surface area contributed by atoms with Gasteiger partial charge in [-0.3, -0.25) is 14.7 Å². The van der Waals surface area contributed by atoms with Crippen LogP contribution in [0.2, 0.25) is 0 Å². The molecule has 4 rings (SSSR count). The molecule has 1 aliphatic heterocycles. The average molecular weight is 529 g/mol. The lowest BCUT2D eigenvalue weighted by atomic mass is 10.1. The minimum atomic E-state index is -4.59. The van der Waals surface area contributed by atoms with Crippen molar-refractivity contribution in [2.24, 2.45) is 0 Å². The van der Waals surface area contributed by atoms with Crippen LogP contribution < -0.4 is 10.1 Å². The molecule has 0 aromatic carbocycles. The van der Waals surface area contributed by atoms with Crippen LogP contribution in [-0.4, -0.2) is 62.3 Å². The highest BCUT2D eigenvalue weighted by Gasteiger charge is 2.33. The van der Waals surface area contributed by atoms with Crippen molar-refractivity contribution >= 4 is 23.1 Å². The molecule has 14 heteroatoms. The average Bonchev–Trinajstić information content (AvgIpc) is 3.40. The Labute approximate surface area is 206 Å². The lowest BCUT2D eigenvalue weighted by Gasteiger charge is -2.16. The maximum absolute atomic E-state index is 12.9. The molecule has 192 valence electrons. The Morgan fingerprint density at radius 2 is 2.03 bits per heavy atom. The van der Waals surface area contributed by atoms with Gasteiger partial charge in [-0.15, -0.1) is 0 Å². The molecule has 0 radical (unpaired) electrons. The van der Waals surface area contributed by atoms with E-state index in [9.17, 15) is 26.7 Å². The number of likely N-dealkylation sites (tertiary alicyclic amines) is 1. The van der Waals surface area contributed by atoms with E-state index in [4.69, 9.17) is 4.74 Å². The minimum Gasteiger partial charge on any atom is -0.473 e. The van der Waals surface area contributed by atoms with Crippen LogP contribution in [0.5, 0.6) is 5.88 Å². The maximum atomic E-state index is 12.9. The van der Waals surface area contributed by atoms with Crippen molar-refractivity contribution in [3.05, 3.63) is 58.2 Å². The molecule has 36 heavy (non-hydrogen) atoms. The number of halogens is 5. The second-order valence-corrected chi connectivity index (χ2v) is 9.01. The van der Waals surface area contributed by atoms with Gasteiger partial charge in [0.05, 0.1) is 41.6 Å². The number of nitrogens with one attached hydrogen (secondary N) is 1. The number of aromatic nitrogens is 4. The fourth-order valence-electron chi connectivity index (χ4n) is 3.73. The van der Waals surface area contributed by atoms with Crippen LogP contribution in [0.15, 0.2) is 30.7 Å². The van der Waals surface area contributed by atoms with Gasteiger partial charge in [0.15, 0.2) is 5.69 Å². The second-order valence-electron chi connectivity index (χ2n) is 8.15. The number of aryl methyl sites for hydroxylation is 1. The number of hydrogen-bond donors (Lipinski definition) is 1. The van der Waals surface area contributed by atoms with Crippen molar-refractivity contribution in [2.45, 2.75) is 38.5 Å². The van der Waals surface area contributed by atoms with Crippen molar-refractivity contribution in [2.75, 3.05) is 25.0 Å². The highest BCUT2D eigenvalue weighted by Crippen LogP contribution is 2.28. The van der Waals surface area contributed by atoms with Crippen molar-refractivity contribution in [1.29, 1.82) is 0 Å². The van der Waals surface area contributed by atoms with Gasteiger partial charge >= 0.3 is 6.18 Å². The van der Waals surface area contributed by atoms with Crippen LogP contribution in [-0.2, 0) is 12.6 Å². The smallest absolute Gasteiger partial charge is 0.434 e. The second kappa shape index (κ2) is 10.8. The van der Waals surface area contributed by atoms with Gasteiger partial charge in [0.25, 0.3) is 12.3 Å². The van der Waals surface area contributed by atoms with E-state index >= 15 is 0 Å². The number of carbonyl (C=O) groups excluding carboxylic acids is 1. The van der Waals surface area contributed by atoms with Crippen LogP contribution in [0.4, 0.5) is 27.6 Å². The summed E-state index contributed by atoms with van der Waals surface area (Å²) in [6, 6.07) is 3.17. The number of amides is 1. The van der Waals surface area contributed by atoms with Gasteiger partial charge in [-0.2, -0.15) is 17.5 Å². The third kappa shape index (κ3) is 6.49. The van der Waals surface area contributed by atoms with Crippen LogP contribution in [0.1, 0.15) is 38.7 Å². The zero-order valence-electron chi connectivity index (χ0n) is 18.9. The van der Waals surface area contributed by atoms with E-state index in [-0.39, 0.29) is 24.8 Å². The van der Waals surface area contributed by atoms with Crippen molar-refractivity contribution in [3.63, 3.8) is 0 Å². The summed E-state index contributed by atoms with van der Waals surface area (Å²) < 4.78 is 73.1. The predicted octanol–water partition coefficient (Wildman–Crippen LogP) is 4.22. The zero-order chi connectivity index (χ0) is 25.9. The first-order chi connectivity index (χ1) is 17.1. The third-order valence-electron chi connectivity index (χ3n) is 5.40. The fourth-order valence-corrected chi connectivity index (χ4v) is 4.61. The fraction of sp³-hybridized carbons (Fsp3) is 0.409. The van der Waals surface area contributed by atoms with Crippen LogP contribution in [0, 0.1) is 6.92 Å². The molecule has 0 bridgehead atoms. The van der Waals surface area contributed by atoms with E-state index in [2.05, 4.69) is 24.6 Å². The van der Waals surface area contributed by atoms with Gasteiger partial charge < -0.3 is 10.1 Å². The lowest BCUT2D eigenvalue weighted by Crippen LogP contribution is -2.29. The quantitative estimate of drug-likeness (QED) is 0.438. The number of carbonyl (C=O) groups is 1. The molecule has 1 N–H and O–H groups in total. The standard InChI is InChI=1S/C22H21F5N6O2S/c1-12-20(16(36-32-12)6-14-8-29-17(9-28-14)22(25,26)27)21(34)31-13-2-3-19(30-7-13)35-15-4-5-33(10-15)11-18(23)24/h2-3,7-9,15,18H,4-6,10-11H2,1H3,(H,31,34). The lowest BCUT2D eigenvalue weighted by molar-refractivity contribution is -0.141. The molecule has 3 aromatic rings. The Balaban J connectivity index is 1.37. The number of alkyl halides is 5. The Morgan fingerprint density at radius 3 is 2.67 bits per heavy atom. The van der Waals surface area contributed by atoms with Crippen molar-refractivity contribution in [1.82, 2.24) is 24.2 Å². The molecule has 1 fully saturated rings. The summed E-state index contributed by atoms with van der Waals surface area (Å²) in [5.41, 5.74) is 0.330. The highest BCUT2D eigenvalue weighted by atomic mass is 32.1. The zero-order valence-corrected chi connectivity index (χ0v) is 19.7. The Bertz CT molecular complexity index is 1190. The summed E-state index contributed by atoms with van der Waals surface area (Å²) in [5, 5.41) is 2.72. The normalized spacial score (nSPS) is 16.5. The van der Waals surface area contributed by atoms with Gasteiger partial charge in [-0.25, -0.2) is 18.7 Å². The minimum absolute atomic E-state index is 0.0917. The van der Waals surface area contributed by atoms with Gasteiger partial charge in [-0.05, 0) is 30.9 Å². The van der Waals surface area contributed by atoms with Gasteiger partial charge in [0.1, 0.15) is 6.10 Å². The van der Waals surface area contributed by atoms with E-state index in [1.54, 1.807) is 24.0 Å².